The van der Waals surface area contributed by atoms with Crippen LogP contribution in [0.15, 0.2) is 24.4 Å². The maximum Gasteiger partial charge on any atom is 0.166 e. The zero-order valence-electron chi connectivity index (χ0n) is 12.6. The molecule has 0 saturated heterocycles. The number of hydrogen-bond acceptors (Lipinski definition) is 4. The summed E-state index contributed by atoms with van der Waals surface area (Å²) in [6.07, 6.45) is 3.84. The number of ether oxygens (including phenoxy) is 2. The third-order valence-electron chi connectivity index (χ3n) is 3.56. The van der Waals surface area contributed by atoms with E-state index in [1.54, 1.807) is 0 Å². The Hall–Kier alpha value is -2.17. The van der Waals surface area contributed by atoms with Gasteiger partial charge >= 0.3 is 0 Å². The summed E-state index contributed by atoms with van der Waals surface area (Å²) >= 11 is 0. The Kier molecular flexibility index (Phi) is 3.99. The molecule has 0 radical (unpaired) electrons. The molecule has 0 fully saturated rings. The first-order valence-corrected chi connectivity index (χ1v) is 7.42. The van der Waals surface area contributed by atoms with Gasteiger partial charge in [0.1, 0.15) is 0 Å². The molecule has 1 aromatic heterocycles. The van der Waals surface area contributed by atoms with E-state index in [1.165, 1.54) is 0 Å². The van der Waals surface area contributed by atoms with Crippen molar-refractivity contribution in [2.24, 2.45) is 7.05 Å². The van der Waals surface area contributed by atoms with Gasteiger partial charge in [0.2, 0.25) is 0 Å². The monoisotopic (exact) mass is 287 g/mol. The molecular weight excluding hydrogens is 266 g/mol. The molecule has 5 nitrogen and oxygen atoms in total. The van der Waals surface area contributed by atoms with E-state index < -0.39 is 0 Å². The number of rotatable bonds is 4. The summed E-state index contributed by atoms with van der Waals surface area (Å²) < 4.78 is 13.4. The second-order valence-electron chi connectivity index (χ2n) is 5.17. The zero-order valence-corrected chi connectivity index (χ0v) is 12.6. The zero-order chi connectivity index (χ0) is 14.7. The van der Waals surface area contributed by atoms with Gasteiger partial charge in [0.25, 0.3) is 0 Å². The molecular formula is C16H21N3O2. The molecule has 0 atom stereocenters. The van der Waals surface area contributed by atoms with Crippen molar-refractivity contribution < 1.29 is 9.47 Å². The molecule has 3 rings (SSSR count). The molecule has 0 amide bonds. The van der Waals surface area contributed by atoms with Gasteiger partial charge in [-0.3, -0.25) is 4.68 Å². The van der Waals surface area contributed by atoms with Crippen LogP contribution in [0.4, 0.5) is 5.69 Å². The van der Waals surface area contributed by atoms with Crippen molar-refractivity contribution in [3.8, 4) is 11.5 Å². The van der Waals surface area contributed by atoms with Crippen molar-refractivity contribution >= 4 is 5.69 Å². The van der Waals surface area contributed by atoms with Crippen LogP contribution in [0, 0.1) is 0 Å². The molecule has 112 valence electrons. The summed E-state index contributed by atoms with van der Waals surface area (Å²) in [6.45, 7) is 4.23. The number of benzene rings is 1. The molecule has 0 aliphatic carbocycles. The summed E-state index contributed by atoms with van der Waals surface area (Å²) in [4.78, 5) is 0. The molecule has 0 unspecified atom stereocenters. The standard InChI is InChI=1S/C16H21N3O2/c1-3-13-14(11-19(2)18-13)17-10-12-6-4-7-15-16(12)21-9-5-8-20-15/h4,6-7,11,17H,3,5,8-10H2,1-2H3. The molecule has 1 N–H and O–H groups in total. The van der Waals surface area contributed by atoms with Gasteiger partial charge in [-0.05, 0) is 12.5 Å². The Labute approximate surface area is 124 Å². The third-order valence-corrected chi connectivity index (χ3v) is 3.56. The minimum atomic E-state index is 0.700. The van der Waals surface area contributed by atoms with Gasteiger partial charge in [0.15, 0.2) is 11.5 Å². The number of para-hydroxylation sites is 1. The van der Waals surface area contributed by atoms with E-state index in [1.807, 2.05) is 30.1 Å². The largest absolute Gasteiger partial charge is 0.490 e. The van der Waals surface area contributed by atoms with Crippen LogP contribution in [0.25, 0.3) is 0 Å². The van der Waals surface area contributed by atoms with E-state index in [2.05, 4.69) is 23.4 Å². The highest BCUT2D eigenvalue weighted by Gasteiger charge is 2.15. The first-order valence-electron chi connectivity index (χ1n) is 7.42. The summed E-state index contributed by atoms with van der Waals surface area (Å²) in [6, 6.07) is 6.04. The predicted octanol–water partition coefficient (Wildman–Crippen LogP) is 2.76. The molecule has 0 saturated carbocycles. The van der Waals surface area contributed by atoms with Crippen molar-refractivity contribution in [1.82, 2.24) is 9.78 Å². The first-order chi connectivity index (χ1) is 10.3. The van der Waals surface area contributed by atoms with Crippen molar-refractivity contribution in [2.45, 2.75) is 26.3 Å². The summed E-state index contributed by atoms with van der Waals surface area (Å²) in [7, 11) is 1.94. The number of nitrogens with zero attached hydrogens (tertiary/aromatic N) is 2. The van der Waals surface area contributed by atoms with Gasteiger partial charge in [-0.15, -0.1) is 0 Å². The lowest BCUT2D eigenvalue weighted by atomic mass is 10.1. The van der Waals surface area contributed by atoms with Crippen LogP contribution in [0.5, 0.6) is 11.5 Å². The molecule has 5 heteroatoms. The van der Waals surface area contributed by atoms with Crippen LogP contribution in [-0.4, -0.2) is 23.0 Å². The maximum absolute atomic E-state index is 5.84. The van der Waals surface area contributed by atoms with Crippen LogP contribution < -0.4 is 14.8 Å². The fourth-order valence-electron chi connectivity index (χ4n) is 2.53. The number of nitrogens with one attached hydrogen (secondary N) is 1. The lowest BCUT2D eigenvalue weighted by molar-refractivity contribution is 0.296. The fraction of sp³-hybridized carbons (Fsp3) is 0.438. The second-order valence-corrected chi connectivity index (χ2v) is 5.17. The Balaban J connectivity index is 1.79. The predicted molar refractivity (Wildman–Crippen MR) is 82.0 cm³/mol. The van der Waals surface area contributed by atoms with E-state index in [-0.39, 0.29) is 0 Å². The fourth-order valence-corrected chi connectivity index (χ4v) is 2.53. The highest BCUT2D eigenvalue weighted by Crippen LogP contribution is 2.33. The molecule has 2 aromatic rings. The molecule has 1 aromatic carbocycles. The average Bonchev–Trinajstić information content (AvgIpc) is 2.70. The maximum atomic E-state index is 5.84. The minimum absolute atomic E-state index is 0.700. The highest BCUT2D eigenvalue weighted by molar-refractivity contribution is 5.51. The SMILES string of the molecule is CCc1nn(C)cc1NCc1cccc2c1OCCCO2. The first kappa shape index (κ1) is 13.8. The topological polar surface area (TPSA) is 48.3 Å². The Morgan fingerprint density at radius 3 is 3.00 bits per heavy atom. The quantitative estimate of drug-likeness (QED) is 0.939. The van der Waals surface area contributed by atoms with Crippen LogP contribution in [0.3, 0.4) is 0 Å². The van der Waals surface area contributed by atoms with Crippen LogP contribution in [0.1, 0.15) is 24.6 Å². The lowest BCUT2D eigenvalue weighted by Crippen LogP contribution is -2.04. The molecule has 0 bridgehead atoms. The Bertz CT molecular complexity index is 622. The number of aryl methyl sites for hydroxylation is 2. The Morgan fingerprint density at radius 2 is 2.14 bits per heavy atom. The normalized spacial score (nSPS) is 13.8. The molecule has 0 spiro atoms. The van der Waals surface area contributed by atoms with Gasteiger partial charge in [0, 0.05) is 31.8 Å². The minimum Gasteiger partial charge on any atom is -0.490 e. The smallest absolute Gasteiger partial charge is 0.166 e. The number of hydrogen-bond donors (Lipinski definition) is 1. The van der Waals surface area contributed by atoms with E-state index in [0.29, 0.717) is 19.8 Å². The van der Waals surface area contributed by atoms with Crippen LogP contribution in [-0.2, 0) is 20.0 Å². The van der Waals surface area contributed by atoms with Crippen molar-refractivity contribution in [3.05, 3.63) is 35.7 Å². The van der Waals surface area contributed by atoms with Gasteiger partial charge < -0.3 is 14.8 Å². The third kappa shape index (κ3) is 2.96. The van der Waals surface area contributed by atoms with Crippen LogP contribution >= 0.6 is 0 Å². The van der Waals surface area contributed by atoms with Crippen molar-refractivity contribution in [1.29, 1.82) is 0 Å². The van der Waals surface area contributed by atoms with E-state index >= 15 is 0 Å². The lowest BCUT2D eigenvalue weighted by Gasteiger charge is -2.13. The summed E-state index contributed by atoms with van der Waals surface area (Å²) in [5.74, 6) is 1.71. The second kappa shape index (κ2) is 6.08. The molecule has 21 heavy (non-hydrogen) atoms. The van der Waals surface area contributed by atoms with E-state index in [9.17, 15) is 0 Å². The molecule has 2 heterocycles. The number of aromatic nitrogens is 2. The van der Waals surface area contributed by atoms with Crippen molar-refractivity contribution in [2.75, 3.05) is 18.5 Å². The number of anilines is 1. The van der Waals surface area contributed by atoms with Gasteiger partial charge in [0.05, 0.1) is 24.6 Å². The van der Waals surface area contributed by atoms with Crippen LogP contribution in [0.2, 0.25) is 0 Å². The van der Waals surface area contributed by atoms with Crippen molar-refractivity contribution in [3.63, 3.8) is 0 Å². The Morgan fingerprint density at radius 1 is 1.29 bits per heavy atom. The van der Waals surface area contributed by atoms with Gasteiger partial charge in [-0.25, -0.2) is 0 Å². The average molecular weight is 287 g/mol. The highest BCUT2D eigenvalue weighted by atomic mass is 16.5. The summed E-state index contributed by atoms with van der Waals surface area (Å²) in [5.41, 5.74) is 3.27. The molecule has 1 aliphatic rings. The number of fused-ring (bicyclic) bond motifs is 1. The van der Waals surface area contributed by atoms with Gasteiger partial charge in [-0.1, -0.05) is 19.1 Å². The van der Waals surface area contributed by atoms with E-state index in [0.717, 1.165) is 41.3 Å². The van der Waals surface area contributed by atoms with Gasteiger partial charge in [-0.2, -0.15) is 5.10 Å². The van der Waals surface area contributed by atoms with E-state index in [4.69, 9.17) is 9.47 Å². The molecule has 1 aliphatic heterocycles. The summed E-state index contributed by atoms with van der Waals surface area (Å²) in [5, 5.41) is 7.90.